The minimum atomic E-state index is -0.737. The molecule has 5 heteroatoms. The van der Waals surface area contributed by atoms with Crippen molar-refractivity contribution in [1.82, 2.24) is 9.80 Å². The third kappa shape index (κ3) is 2.19. The molecule has 2 saturated heterocycles. The molecule has 0 aliphatic carbocycles. The lowest BCUT2D eigenvalue weighted by molar-refractivity contribution is -0.146. The van der Waals surface area contributed by atoms with Gasteiger partial charge in [-0.25, -0.2) is 0 Å². The van der Waals surface area contributed by atoms with Crippen LogP contribution in [0.3, 0.4) is 0 Å². The second-order valence-electron chi connectivity index (χ2n) is 4.82. The van der Waals surface area contributed by atoms with Gasteiger partial charge in [-0.1, -0.05) is 6.92 Å². The standard InChI is InChI=1S/C11H18N2O3/c1-8(11(15)16)9-5-12(6-9)7-10(14)13-3-2-4-13/h8-9H,2-7H2,1H3,(H,15,16). The van der Waals surface area contributed by atoms with Crippen molar-refractivity contribution in [2.45, 2.75) is 13.3 Å². The summed E-state index contributed by atoms with van der Waals surface area (Å²) < 4.78 is 0. The van der Waals surface area contributed by atoms with Crippen LogP contribution in [0, 0.1) is 11.8 Å². The molecule has 0 radical (unpaired) electrons. The summed E-state index contributed by atoms with van der Waals surface area (Å²) in [6.07, 6.45) is 1.12. The van der Waals surface area contributed by atoms with Gasteiger partial charge in [0.2, 0.25) is 5.91 Å². The average Bonchev–Trinajstić information content (AvgIpc) is 2.06. The number of hydrogen-bond donors (Lipinski definition) is 1. The number of carbonyl (C=O) groups is 2. The quantitative estimate of drug-likeness (QED) is 0.725. The molecule has 1 amide bonds. The van der Waals surface area contributed by atoms with Crippen LogP contribution in [0.25, 0.3) is 0 Å². The minimum absolute atomic E-state index is 0.188. The minimum Gasteiger partial charge on any atom is -0.481 e. The zero-order chi connectivity index (χ0) is 11.7. The molecule has 2 heterocycles. The molecular formula is C11H18N2O3. The van der Waals surface area contributed by atoms with Crippen molar-refractivity contribution in [2.75, 3.05) is 32.7 Å². The van der Waals surface area contributed by atoms with E-state index in [1.54, 1.807) is 6.92 Å². The van der Waals surface area contributed by atoms with Crippen molar-refractivity contribution in [2.24, 2.45) is 11.8 Å². The number of likely N-dealkylation sites (tertiary alicyclic amines) is 2. The fraction of sp³-hybridized carbons (Fsp3) is 0.818. The first-order valence-corrected chi connectivity index (χ1v) is 5.81. The zero-order valence-corrected chi connectivity index (χ0v) is 9.56. The van der Waals surface area contributed by atoms with Crippen LogP contribution < -0.4 is 0 Å². The summed E-state index contributed by atoms with van der Waals surface area (Å²) in [5.74, 6) is -0.636. The number of nitrogens with zero attached hydrogens (tertiary/aromatic N) is 2. The number of amides is 1. The van der Waals surface area contributed by atoms with Gasteiger partial charge in [0.25, 0.3) is 0 Å². The molecule has 2 rings (SSSR count). The largest absolute Gasteiger partial charge is 0.481 e. The molecule has 0 aromatic carbocycles. The molecule has 5 nitrogen and oxygen atoms in total. The van der Waals surface area contributed by atoms with Crippen molar-refractivity contribution < 1.29 is 14.7 Å². The lowest BCUT2D eigenvalue weighted by Gasteiger charge is -2.42. The van der Waals surface area contributed by atoms with Crippen molar-refractivity contribution in [3.8, 4) is 0 Å². The summed E-state index contributed by atoms with van der Waals surface area (Å²) in [4.78, 5) is 26.2. The topological polar surface area (TPSA) is 60.9 Å². The van der Waals surface area contributed by atoms with Crippen LogP contribution >= 0.6 is 0 Å². The molecule has 0 aromatic heterocycles. The number of carboxylic acids is 1. The van der Waals surface area contributed by atoms with Gasteiger partial charge in [0.05, 0.1) is 12.5 Å². The molecule has 0 bridgehead atoms. The number of hydrogen-bond acceptors (Lipinski definition) is 3. The fourth-order valence-electron chi connectivity index (χ4n) is 2.11. The van der Waals surface area contributed by atoms with E-state index in [4.69, 9.17) is 5.11 Å². The lowest BCUT2D eigenvalue weighted by atomic mass is 9.87. The van der Waals surface area contributed by atoms with Gasteiger partial charge in [0.1, 0.15) is 0 Å². The molecule has 0 aromatic rings. The zero-order valence-electron chi connectivity index (χ0n) is 9.56. The van der Waals surface area contributed by atoms with Crippen molar-refractivity contribution in [1.29, 1.82) is 0 Å². The lowest BCUT2D eigenvalue weighted by Crippen LogP contribution is -2.55. The summed E-state index contributed by atoms with van der Waals surface area (Å²) in [7, 11) is 0. The van der Waals surface area contributed by atoms with Gasteiger partial charge in [0, 0.05) is 26.2 Å². The Bertz CT molecular complexity index is 296. The second-order valence-corrected chi connectivity index (χ2v) is 4.82. The molecule has 1 N–H and O–H groups in total. The smallest absolute Gasteiger partial charge is 0.306 e. The van der Waals surface area contributed by atoms with E-state index in [9.17, 15) is 9.59 Å². The normalized spacial score (nSPS) is 23.4. The number of carbonyl (C=O) groups excluding carboxylic acids is 1. The SMILES string of the molecule is CC(C(=O)O)C1CN(CC(=O)N2CCC2)C1. The molecule has 1 unspecified atom stereocenters. The Morgan fingerprint density at radius 2 is 2.00 bits per heavy atom. The summed E-state index contributed by atoms with van der Waals surface area (Å²) in [6, 6.07) is 0. The molecule has 0 spiro atoms. The van der Waals surface area contributed by atoms with Crippen LogP contribution in [0.15, 0.2) is 0 Å². The average molecular weight is 226 g/mol. The second kappa shape index (κ2) is 4.41. The highest BCUT2D eigenvalue weighted by Gasteiger charge is 2.36. The molecule has 0 saturated carbocycles. The van der Waals surface area contributed by atoms with Crippen LogP contribution in [0.4, 0.5) is 0 Å². The summed E-state index contributed by atoms with van der Waals surface area (Å²) in [5.41, 5.74) is 0. The molecule has 1 atom stereocenters. The van der Waals surface area contributed by atoms with Crippen LogP contribution in [0.1, 0.15) is 13.3 Å². The van der Waals surface area contributed by atoms with Crippen molar-refractivity contribution in [3.05, 3.63) is 0 Å². The Morgan fingerprint density at radius 3 is 2.44 bits per heavy atom. The fourth-order valence-corrected chi connectivity index (χ4v) is 2.11. The van der Waals surface area contributed by atoms with E-state index in [1.165, 1.54) is 0 Å². The molecule has 2 aliphatic heterocycles. The maximum absolute atomic E-state index is 11.6. The molecule has 2 aliphatic rings. The van der Waals surface area contributed by atoms with Crippen LogP contribution in [-0.4, -0.2) is 59.5 Å². The van der Waals surface area contributed by atoms with Gasteiger partial charge >= 0.3 is 5.97 Å². The van der Waals surface area contributed by atoms with Gasteiger partial charge in [-0.05, 0) is 12.3 Å². The maximum Gasteiger partial charge on any atom is 0.306 e. The van der Waals surface area contributed by atoms with Gasteiger partial charge in [0.15, 0.2) is 0 Å². The van der Waals surface area contributed by atoms with E-state index < -0.39 is 5.97 Å². The van der Waals surface area contributed by atoms with Crippen molar-refractivity contribution in [3.63, 3.8) is 0 Å². The van der Waals surface area contributed by atoms with Crippen LogP contribution in [-0.2, 0) is 9.59 Å². The molecule has 2 fully saturated rings. The van der Waals surface area contributed by atoms with Crippen LogP contribution in [0.2, 0.25) is 0 Å². The number of aliphatic carboxylic acids is 1. The van der Waals surface area contributed by atoms with E-state index in [0.717, 1.165) is 32.6 Å². The van der Waals surface area contributed by atoms with Gasteiger partial charge in [-0.3, -0.25) is 14.5 Å². The Morgan fingerprint density at radius 1 is 1.38 bits per heavy atom. The third-order valence-corrected chi connectivity index (χ3v) is 3.65. The Balaban J connectivity index is 1.68. The van der Waals surface area contributed by atoms with Gasteiger partial charge < -0.3 is 10.0 Å². The first-order chi connectivity index (χ1) is 7.58. The van der Waals surface area contributed by atoms with E-state index in [2.05, 4.69) is 0 Å². The summed E-state index contributed by atoms with van der Waals surface area (Å²) in [5, 5.41) is 8.83. The predicted molar refractivity (Wildman–Crippen MR) is 57.9 cm³/mol. The molecular weight excluding hydrogens is 208 g/mol. The molecule has 90 valence electrons. The Kier molecular flexibility index (Phi) is 3.14. The highest BCUT2D eigenvalue weighted by Crippen LogP contribution is 2.24. The highest BCUT2D eigenvalue weighted by molar-refractivity contribution is 5.79. The van der Waals surface area contributed by atoms with E-state index >= 15 is 0 Å². The van der Waals surface area contributed by atoms with Gasteiger partial charge in [-0.2, -0.15) is 0 Å². The maximum atomic E-state index is 11.6. The highest BCUT2D eigenvalue weighted by atomic mass is 16.4. The monoisotopic (exact) mass is 226 g/mol. The number of rotatable bonds is 4. The van der Waals surface area contributed by atoms with Crippen molar-refractivity contribution >= 4 is 11.9 Å². The molecule has 16 heavy (non-hydrogen) atoms. The number of carboxylic acid groups (broad SMARTS) is 1. The van der Waals surface area contributed by atoms with E-state index in [0.29, 0.717) is 6.54 Å². The third-order valence-electron chi connectivity index (χ3n) is 3.65. The Hall–Kier alpha value is -1.10. The summed E-state index contributed by atoms with van der Waals surface area (Å²) >= 11 is 0. The van der Waals surface area contributed by atoms with E-state index in [1.807, 2.05) is 9.80 Å². The van der Waals surface area contributed by atoms with Crippen LogP contribution in [0.5, 0.6) is 0 Å². The summed E-state index contributed by atoms with van der Waals surface area (Å²) in [6.45, 7) is 5.47. The predicted octanol–water partition coefficient (Wildman–Crippen LogP) is -0.129. The Labute approximate surface area is 95.0 Å². The van der Waals surface area contributed by atoms with Gasteiger partial charge in [-0.15, -0.1) is 0 Å². The first kappa shape index (κ1) is 11.4. The first-order valence-electron chi connectivity index (χ1n) is 5.81. The van der Waals surface area contributed by atoms with E-state index in [-0.39, 0.29) is 17.7 Å².